The number of hydrogen-bond acceptors (Lipinski definition) is 4. The van der Waals surface area contributed by atoms with Gasteiger partial charge in [-0.2, -0.15) is 0 Å². The number of aromatic nitrogens is 3. The molecule has 1 saturated carbocycles. The van der Waals surface area contributed by atoms with Crippen LogP contribution in [0.25, 0.3) is 5.69 Å². The number of aryl methyl sites for hydroxylation is 1. The van der Waals surface area contributed by atoms with Gasteiger partial charge in [0.2, 0.25) is 0 Å². The zero-order chi connectivity index (χ0) is 22.3. The number of amides is 2. The van der Waals surface area contributed by atoms with Gasteiger partial charge in [0.15, 0.2) is 5.69 Å². The molecule has 0 bridgehead atoms. The fourth-order valence-electron chi connectivity index (χ4n) is 3.62. The molecule has 2 N–H and O–H groups in total. The Labute approximate surface area is 188 Å². The Bertz CT molecular complexity index is 1060. The van der Waals surface area contributed by atoms with Gasteiger partial charge < -0.3 is 10.6 Å². The Morgan fingerprint density at radius 3 is 2.44 bits per heavy atom. The Hall–Kier alpha value is -3.48. The first kappa shape index (κ1) is 21.7. The smallest absolute Gasteiger partial charge is 0.273 e. The third kappa shape index (κ3) is 5.41. The van der Waals surface area contributed by atoms with E-state index in [9.17, 15) is 9.59 Å². The lowest BCUT2D eigenvalue weighted by Gasteiger charge is -2.09. The van der Waals surface area contributed by atoms with E-state index >= 15 is 0 Å². The molecule has 166 valence electrons. The summed E-state index contributed by atoms with van der Waals surface area (Å²) in [6.45, 7) is 2.68. The van der Waals surface area contributed by atoms with Crippen LogP contribution in [0.2, 0.25) is 0 Å². The topological polar surface area (TPSA) is 88.9 Å². The van der Waals surface area contributed by atoms with Gasteiger partial charge in [-0.3, -0.25) is 9.59 Å². The van der Waals surface area contributed by atoms with Crippen LogP contribution in [0.3, 0.4) is 0 Å². The van der Waals surface area contributed by atoms with Gasteiger partial charge in [-0.25, -0.2) is 4.68 Å². The highest BCUT2D eigenvalue weighted by Gasteiger charge is 2.27. The van der Waals surface area contributed by atoms with E-state index in [0.717, 1.165) is 43.5 Å². The summed E-state index contributed by atoms with van der Waals surface area (Å²) in [5, 5.41) is 14.3. The zero-order valence-electron chi connectivity index (χ0n) is 18.4. The van der Waals surface area contributed by atoms with Crippen LogP contribution in [0.5, 0.6) is 0 Å². The van der Waals surface area contributed by atoms with E-state index in [1.54, 1.807) is 16.8 Å². The highest BCUT2D eigenvalue weighted by molar-refractivity contribution is 5.94. The molecule has 3 aromatic rings. The van der Waals surface area contributed by atoms with Gasteiger partial charge in [-0.05, 0) is 61.9 Å². The van der Waals surface area contributed by atoms with Gasteiger partial charge in [0, 0.05) is 18.2 Å². The van der Waals surface area contributed by atoms with E-state index < -0.39 is 0 Å². The predicted molar refractivity (Wildman–Crippen MR) is 123 cm³/mol. The van der Waals surface area contributed by atoms with Crippen LogP contribution in [-0.4, -0.2) is 39.4 Å². The molecule has 1 aliphatic carbocycles. The van der Waals surface area contributed by atoms with Crippen molar-refractivity contribution in [3.63, 3.8) is 0 Å². The molecule has 4 rings (SSSR count). The molecule has 1 aliphatic rings. The van der Waals surface area contributed by atoms with Crippen LogP contribution >= 0.6 is 0 Å². The Kier molecular flexibility index (Phi) is 6.94. The average Bonchev–Trinajstić information content (AvgIpc) is 3.54. The molecule has 2 aromatic carbocycles. The fourth-order valence-corrected chi connectivity index (χ4v) is 3.62. The third-order valence-corrected chi connectivity index (χ3v) is 5.52. The lowest BCUT2D eigenvalue weighted by molar-refractivity contribution is 0.0940. The van der Waals surface area contributed by atoms with Crippen LogP contribution in [0, 0.1) is 0 Å². The fraction of sp³-hybridized carbons (Fsp3) is 0.360. The number of benzene rings is 2. The second-order valence-corrected chi connectivity index (χ2v) is 8.19. The molecule has 0 unspecified atom stereocenters. The number of carbonyl (C=O) groups excluding carboxylic acids is 2. The van der Waals surface area contributed by atoms with Crippen molar-refractivity contribution >= 4 is 11.8 Å². The Morgan fingerprint density at radius 2 is 1.75 bits per heavy atom. The minimum atomic E-state index is -0.159. The molecule has 0 radical (unpaired) electrons. The van der Waals surface area contributed by atoms with Crippen LogP contribution in [0.15, 0.2) is 54.6 Å². The molecule has 32 heavy (non-hydrogen) atoms. The van der Waals surface area contributed by atoms with E-state index in [-0.39, 0.29) is 17.9 Å². The van der Waals surface area contributed by atoms with E-state index in [0.29, 0.717) is 24.2 Å². The maximum absolute atomic E-state index is 12.5. The van der Waals surface area contributed by atoms with Gasteiger partial charge >= 0.3 is 0 Å². The summed E-state index contributed by atoms with van der Waals surface area (Å²) >= 11 is 0. The van der Waals surface area contributed by atoms with E-state index in [1.165, 1.54) is 5.56 Å². The molecule has 1 aromatic heterocycles. The van der Waals surface area contributed by atoms with Crippen LogP contribution < -0.4 is 10.6 Å². The molecule has 1 heterocycles. The summed E-state index contributed by atoms with van der Waals surface area (Å²) in [5.41, 5.74) is 3.83. The average molecular weight is 432 g/mol. The zero-order valence-corrected chi connectivity index (χ0v) is 18.4. The number of rotatable bonds is 10. The number of nitrogens with zero attached hydrogens (tertiary/aromatic N) is 3. The van der Waals surface area contributed by atoms with Gasteiger partial charge in [0.25, 0.3) is 11.8 Å². The first-order chi connectivity index (χ1) is 15.7. The summed E-state index contributed by atoms with van der Waals surface area (Å²) in [4.78, 5) is 25.0. The van der Waals surface area contributed by atoms with E-state index in [2.05, 4.69) is 40.0 Å². The van der Waals surface area contributed by atoms with Crippen LogP contribution in [0.1, 0.15) is 64.7 Å². The minimum absolute atomic E-state index is 0.0958. The van der Waals surface area contributed by atoms with Crippen molar-refractivity contribution in [1.82, 2.24) is 25.6 Å². The van der Waals surface area contributed by atoms with Gasteiger partial charge in [0.1, 0.15) is 0 Å². The van der Waals surface area contributed by atoms with Crippen molar-refractivity contribution in [2.75, 3.05) is 6.54 Å². The van der Waals surface area contributed by atoms with Gasteiger partial charge in [-0.1, -0.05) is 48.9 Å². The normalized spacial score (nSPS) is 13.0. The number of nitrogens with one attached hydrogen (secondary N) is 2. The van der Waals surface area contributed by atoms with Crippen molar-refractivity contribution < 1.29 is 9.59 Å². The molecule has 0 atom stereocenters. The summed E-state index contributed by atoms with van der Waals surface area (Å²) in [5.74, 6) is -0.254. The summed E-state index contributed by atoms with van der Waals surface area (Å²) in [7, 11) is 0. The number of hydrogen-bond donors (Lipinski definition) is 2. The van der Waals surface area contributed by atoms with Crippen molar-refractivity contribution in [2.45, 2.75) is 51.5 Å². The molecular formula is C25H29N5O2. The quantitative estimate of drug-likeness (QED) is 0.481. The van der Waals surface area contributed by atoms with Crippen molar-refractivity contribution in [2.24, 2.45) is 0 Å². The molecule has 7 heteroatoms. The SMILES string of the molecule is CCCc1c(C(=O)NC2CC2)nnn1-c1ccc(C(=O)NCCCc2ccccc2)cc1. The lowest BCUT2D eigenvalue weighted by Crippen LogP contribution is -2.27. The lowest BCUT2D eigenvalue weighted by atomic mass is 10.1. The molecule has 1 fully saturated rings. The highest BCUT2D eigenvalue weighted by atomic mass is 16.2. The third-order valence-electron chi connectivity index (χ3n) is 5.52. The molecule has 0 saturated heterocycles. The van der Waals surface area contributed by atoms with E-state index in [1.807, 2.05) is 30.3 Å². The minimum Gasteiger partial charge on any atom is -0.352 e. The summed E-state index contributed by atoms with van der Waals surface area (Å²) < 4.78 is 1.70. The molecule has 7 nitrogen and oxygen atoms in total. The van der Waals surface area contributed by atoms with Crippen molar-refractivity contribution in [1.29, 1.82) is 0 Å². The summed E-state index contributed by atoms with van der Waals surface area (Å²) in [6, 6.07) is 17.8. The second kappa shape index (κ2) is 10.2. The maximum atomic E-state index is 12.5. The Balaban J connectivity index is 1.37. The van der Waals surface area contributed by atoms with Crippen molar-refractivity contribution in [3.05, 3.63) is 77.1 Å². The summed E-state index contributed by atoms with van der Waals surface area (Å²) in [6.07, 6.45) is 5.45. The monoisotopic (exact) mass is 431 g/mol. The Morgan fingerprint density at radius 1 is 1.00 bits per heavy atom. The molecule has 0 spiro atoms. The second-order valence-electron chi connectivity index (χ2n) is 8.19. The maximum Gasteiger partial charge on any atom is 0.273 e. The first-order valence-corrected chi connectivity index (χ1v) is 11.3. The van der Waals surface area contributed by atoms with E-state index in [4.69, 9.17) is 0 Å². The predicted octanol–water partition coefficient (Wildman–Crippen LogP) is 3.47. The molecule has 0 aliphatic heterocycles. The van der Waals surface area contributed by atoms with Crippen LogP contribution in [0.4, 0.5) is 0 Å². The van der Waals surface area contributed by atoms with Crippen LogP contribution in [-0.2, 0) is 12.8 Å². The van der Waals surface area contributed by atoms with Gasteiger partial charge in [0.05, 0.1) is 11.4 Å². The number of carbonyl (C=O) groups is 2. The van der Waals surface area contributed by atoms with Gasteiger partial charge in [-0.15, -0.1) is 5.10 Å². The standard InChI is InChI=1S/C25H29N5O2/c1-2-7-22-23(25(32)27-20-13-14-20)28-29-30(22)21-15-11-19(12-16-21)24(31)26-17-6-10-18-8-4-3-5-9-18/h3-5,8-9,11-12,15-16,20H,2,6-7,10,13-14,17H2,1H3,(H,26,31)(H,27,32). The van der Waals surface area contributed by atoms with Crippen molar-refractivity contribution in [3.8, 4) is 5.69 Å². The molecule has 2 amide bonds. The largest absolute Gasteiger partial charge is 0.352 e. The highest BCUT2D eigenvalue weighted by Crippen LogP contribution is 2.21. The first-order valence-electron chi connectivity index (χ1n) is 11.3. The molecular weight excluding hydrogens is 402 g/mol.